The van der Waals surface area contributed by atoms with Crippen molar-refractivity contribution in [2.75, 3.05) is 10.6 Å². The summed E-state index contributed by atoms with van der Waals surface area (Å²) in [5.74, 6) is 0.0242. The molecule has 4 aromatic rings. The van der Waals surface area contributed by atoms with Crippen LogP contribution < -0.4 is 10.6 Å². The Kier molecular flexibility index (Phi) is 5.03. The highest BCUT2D eigenvalue weighted by atomic mass is 32.1. The standard InChI is InChI=1S/C20H14FN5OS/c21-16-4-2-1-3-15(16)17-11-28-20(25-17)26-19(27)13-5-7-14(8-6-13)24-18-9-10-22-12-23-18/h1-12H,(H,22,23,24)(H,25,26,27). The highest BCUT2D eigenvalue weighted by Gasteiger charge is 2.12. The maximum absolute atomic E-state index is 13.9. The Balaban J connectivity index is 1.43. The van der Waals surface area contributed by atoms with E-state index in [-0.39, 0.29) is 11.7 Å². The van der Waals surface area contributed by atoms with Gasteiger partial charge in [-0.2, -0.15) is 0 Å². The fourth-order valence-electron chi connectivity index (χ4n) is 2.51. The van der Waals surface area contributed by atoms with Gasteiger partial charge in [0.2, 0.25) is 0 Å². The van der Waals surface area contributed by atoms with Gasteiger partial charge in [0.1, 0.15) is 18.0 Å². The average Bonchev–Trinajstić information content (AvgIpc) is 3.18. The van der Waals surface area contributed by atoms with E-state index < -0.39 is 0 Å². The molecule has 0 fully saturated rings. The molecule has 2 heterocycles. The SMILES string of the molecule is O=C(Nc1nc(-c2ccccc2F)cs1)c1ccc(Nc2ccncn2)cc1. The Hall–Kier alpha value is -3.65. The molecule has 0 aliphatic rings. The fraction of sp³-hybridized carbons (Fsp3) is 0. The number of nitrogens with zero attached hydrogens (tertiary/aromatic N) is 3. The predicted molar refractivity (Wildman–Crippen MR) is 107 cm³/mol. The topological polar surface area (TPSA) is 79.8 Å². The molecule has 8 heteroatoms. The van der Waals surface area contributed by atoms with E-state index in [9.17, 15) is 9.18 Å². The number of carbonyl (C=O) groups is 1. The van der Waals surface area contributed by atoms with Crippen molar-refractivity contribution in [3.05, 3.63) is 83.9 Å². The molecule has 0 bridgehead atoms. The Morgan fingerprint density at radius 3 is 2.61 bits per heavy atom. The number of aromatic nitrogens is 3. The summed E-state index contributed by atoms with van der Waals surface area (Å²) in [7, 11) is 0. The van der Waals surface area contributed by atoms with Gasteiger partial charge >= 0.3 is 0 Å². The quantitative estimate of drug-likeness (QED) is 0.514. The van der Waals surface area contributed by atoms with Crippen molar-refractivity contribution < 1.29 is 9.18 Å². The Bertz CT molecular complexity index is 1100. The Labute approximate surface area is 164 Å². The molecule has 28 heavy (non-hydrogen) atoms. The normalized spacial score (nSPS) is 10.5. The van der Waals surface area contributed by atoms with Gasteiger partial charge < -0.3 is 5.32 Å². The Morgan fingerprint density at radius 2 is 1.86 bits per heavy atom. The molecule has 2 N–H and O–H groups in total. The number of benzene rings is 2. The van der Waals surface area contributed by atoms with Crippen LogP contribution in [0.5, 0.6) is 0 Å². The first-order chi connectivity index (χ1) is 13.7. The van der Waals surface area contributed by atoms with Crippen LogP contribution in [0.25, 0.3) is 11.3 Å². The number of rotatable bonds is 5. The second-order valence-electron chi connectivity index (χ2n) is 5.77. The highest BCUT2D eigenvalue weighted by Crippen LogP contribution is 2.27. The second-order valence-corrected chi connectivity index (χ2v) is 6.63. The molecule has 2 aromatic carbocycles. The second kappa shape index (κ2) is 7.93. The third kappa shape index (κ3) is 4.02. The third-order valence-corrected chi connectivity index (χ3v) is 4.63. The molecule has 0 aliphatic carbocycles. The largest absolute Gasteiger partial charge is 0.340 e. The summed E-state index contributed by atoms with van der Waals surface area (Å²) in [6.07, 6.45) is 3.09. The van der Waals surface area contributed by atoms with E-state index in [2.05, 4.69) is 25.6 Å². The summed E-state index contributed by atoms with van der Waals surface area (Å²) < 4.78 is 13.9. The molecule has 138 valence electrons. The van der Waals surface area contributed by atoms with Crippen LogP contribution in [0.1, 0.15) is 10.4 Å². The van der Waals surface area contributed by atoms with E-state index in [1.807, 2.05) is 0 Å². The summed E-state index contributed by atoms with van der Waals surface area (Å²) >= 11 is 1.24. The average molecular weight is 391 g/mol. The summed E-state index contributed by atoms with van der Waals surface area (Å²) in [5, 5.41) is 7.98. The van der Waals surface area contributed by atoms with E-state index in [0.29, 0.717) is 27.8 Å². The van der Waals surface area contributed by atoms with E-state index in [0.717, 1.165) is 5.69 Å². The summed E-state index contributed by atoms with van der Waals surface area (Å²) in [4.78, 5) is 24.7. The van der Waals surface area contributed by atoms with Crippen LogP contribution in [0.15, 0.2) is 72.5 Å². The number of hydrogen-bond acceptors (Lipinski definition) is 6. The van der Waals surface area contributed by atoms with Crippen LogP contribution >= 0.6 is 11.3 Å². The van der Waals surface area contributed by atoms with Gasteiger partial charge in [-0.1, -0.05) is 12.1 Å². The van der Waals surface area contributed by atoms with E-state index in [1.54, 1.807) is 60.1 Å². The van der Waals surface area contributed by atoms with Gasteiger partial charge in [0.15, 0.2) is 5.13 Å². The number of carbonyl (C=O) groups excluding carboxylic acids is 1. The number of thiazole rings is 1. The fourth-order valence-corrected chi connectivity index (χ4v) is 3.22. The molecule has 0 atom stereocenters. The lowest BCUT2D eigenvalue weighted by Gasteiger charge is -2.06. The van der Waals surface area contributed by atoms with Crippen molar-refractivity contribution >= 4 is 33.9 Å². The van der Waals surface area contributed by atoms with Crippen molar-refractivity contribution in [3.63, 3.8) is 0 Å². The maximum atomic E-state index is 13.9. The van der Waals surface area contributed by atoms with Gasteiger partial charge in [0.05, 0.1) is 5.69 Å². The maximum Gasteiger partial charge on any atom is 0.257 e. The molecule has 2 aromatic heterocycles. The zero-order valence-corrected chi connectivity index (χ0v) is 15.3. The van der Waals surface area contributed by atoms with Crippen LogP contribution in [-0.4, -0.2) is 20.9 Å². The minimum absolute atomic E-state index is 0.289. The minimum Gasteiger partial charge on any atom is -0.340 e. The molecular weight excluding hydrogens is 377 g/mol. The molecule has 4 rings (SSSR count). The summed E-state index contributed by atoms with van der Waals surface area (Å²) in [5.41, 5.74) is 2.17. The molecule has 6 nitrogen and oxygen atoms in total. The van der Waals surface area contributed by atoms with Gasteiger partial charge in [-0.25, -0.2) is 19.3 Å². The smallest absolute Gasteiger partial charge is 0.257 e. The van der Waals surface area contributed by atoms with Crippen molar-refractivity contribution in [1.29, 1.82) is 0 Å². The van der Waals surface area contributed by atoms with Gasteiger partial charge in [0, 0.05) is 28.4 Å². The molecule has 0 radical (unpaired) electrons. The van der Waals surface area contributed by atoms with Crippen LogP contribution in [0, 0.1) is 5.82 Å². The number of anilines is 3. The van der Waals surface area contributed by atoms with Crippen molar-refractivity contribution in [3.8, 4) is 11.3 Å². The molecule has 0 unspecified atom stereocenters. The number of amides is 1. The first-order valence-corrected chi connectivity index (χ1v) is 9.22. The summed E-state index contributed by atoms with van der Waals surface area (Å²) in [6.45, 7) is 0. The third-order valence-electron chi connectivity index (χ3n) is 3.88. The zero-order valence-electron chi connectivity index (χ0n) is 14.5. The lowest BCUT2D eigenvalue weighted by Crippen LogP contribution is -2.11. The van der Waals surface area contributed by atoms with Gasteiger partial charge in [-0.05, 0) is 42.5 Å². The van der Waals surface area contributed by atoms with E-state index >= 15 is 0 Å². The lowest BCUT2D eigenvalue weighted by molar-refractivity contribution is 0.102. The molecule has 0 spiro atoms. The van der Waals surface area contributed by atoms with Crippen LogP contribution in [-0.2, 0) is 0 Å². The molecule has 0 saturated carbocycles. The molecule has 0 aliphatic heterocycles. The predicted octanol–water partition coefficient (Wildman–Crippen LogP) is 4.74. The zero-order chi connectivity index (χ0) is 19.3. The molecule has 0 saturated heterocycles. The van der Waals surface area contributed by atoms with Gasteiger partial charge in [-0.3, -0.25) is 10.1 Å². The number of nitrogens with one attached hydrogen (secondary N) is 2. The van der Waals surface area contributed by atoms with Crippen LogP contribution in [0.3, 0.4) is 0 Å². The Morgan fingerprint density at radius 1 is 1.04 bits per heavy atom. The number of halogens is 1. The number of hydrogen-bond donors (Lipinski definition) is 2. The summed E-state index contributed by atoms with van der Waals surface area (Å²) in [6, 6.07) is 15.1. The van der Waals surface area contributed by atoms with Crippen molar-refractivity contribution in [2.45, 2.75) is 0 Å². The van der Waals surface area contributed by atoms with E-state index in [1.165, 1.54) is 23.7 Å². The van der Waals surface area contributed by atoms with Gasteiger partial charge in [-0.15, -0.1) is 11.3 Å². The van der Waals surface area contributed by atoms with Crippen molar-refractivity contribution in [1.82, 2.24) is 15.0 Å². The van der Waals surface area contributed by atoms with Gasteiger partial charge in [0.25, 0.3) is 5.91 Å². The first kappa shape index (κ1) is 17.7. The molecular formula is C20H14FN5OS. The minimum atomic E-state index is -0.350. The molecule has 1 amide bonds. The lowest BCUT2D eigenvalue weighted by atomic mass is 10.2. The highest BCUT2D eigenvalue weighted by molar-refractivity contribution is 7.14. The van der Waals surface area contributed by atoms with Crippen LogP contribution in [0.2, 0.25) is 0 Å². The van der Waals surface area contributed by atoms with Crippen molar-refractivity contribution in [2.24, 2.45) is 0 Å². The first-order valence-electron chi connectivity index (χ1n) is 8.34. The van der Waals surface area contributed by atoms with Crippen LogP contribution in [0.4, 0.5) is 21.0 Å². The van der Waals surface area contributed by atoms with E-state index in [4.69, 9.17) is 0 Å². The monoisotopic (exact) mass is 391 g/mol.